The van der Waals surface area contributed by atoms with Crippen LogP contribution in [0.15, 0.2) is 30.5 Å². The van der Waals surface area contributed by atoms with Crippen molar-refractivity contribution in [1.82, 2.24) is 9.88 Å². The second-order valence-corrected chi connectivity index (χ2v) is 13.1. The molecule has 0 radical (unpaired) electrons. The fourth-order valence-electron chi connectivity index (χ4n) is 6.15. The van der Waals surface area contributed by atoms with Crippen molar-refractivity contribution in [2.24, 2.45) is 5.92 Å². The van der Waals surface area contributed by atoms with Crippen LogP contribution in [0.2, 0.25) is 5.02 Å². The molecule has 0 amide bonds. The van der Waals surface area contributed by atoms with Crippen molar-refractivity contribution < 1.29 is 34.8 Å². The number of ether oxygens (including phenoxy) is 1. The van der Waals surface area contributed by atoms with Crippen molar-refractivity contribution in [3.63, 3.8) is 0 Å². The minimum Gasteiger partial charge on any atom is -0.491 e. The summed E-state index contributed by atoms with van der Waals surface area (Å²) in [6.45, 7) is 16.7. The fourth-order valence-corrected chi connectivity index (χ4v) is 6.33. The number of aliphatic hydroxyl groups is 4. The van der Waals surface area contributed by atoms with Crippen LogP contribution in [-0.4, -0.2) is 80.7 Å². The SMILES string of the molecule is CC.CC(=O)C1(c2cc(Cl)ccc2C)CCN(CCOc2cnc(C)c(CCC=O)c2)CC1.CCCC(O)(O)O.CCCC1CC(O)C1. The van der Waals surface area contributed by atoms with Crippen LogP contribution in [0.25, 0.3) is 0 Å². The van der Waals surface area contributed by atoms with Crippen molar-refractivity contribution in [2.45, 2.75) is 130 Å². The number of aryl methyl sites for hydroxylation is 3. The summed E-state index contributed by atoms with van der Waals surface area (Å²) >= 11 is 6.25. The minimum absolute atomic E-state index is 0.00694. The number of aldehydes is 1. The second kappa shape index (κ2) is 22.3. The van der Waals surface area contributed by atoms with E-state index in [2.05, 4.69) is 23.7 Å². The molecule has 0 spiro atoms. The van der Waals surface area contributed by atoms with Gasteiger partial charge in [-0.1, -0.05) is 58.2 Å². The molecule has 1 aliphatic carbocycles. The van der Waals surface area contributed by atoms with Gasteiger partial charge in [0, 0.05) is 30.1 Å². The zero-order valence-corrected chi connectivity index (χ0v) is 31.1. The molecule has 0 bridgehead atoms. The van der Waals surface area contributed by atoms with Crippen LogP contribution < -0.4 is 4.74 Å². The predicted molar refractivity (Wildman–Crippen MR) is 192 cm³/mol. The monoisotopic (exact) mass is 692 g/mol. The quantitative estimate of drug-likeness (QED) is 0.137. The van der Waals surface area contributed by atoms with E-state index in [1.807, 2.05) is 45.0 Å². The average molecular weight is 693 g/mol. The van der Waals surface area contributed by atoms with Crippen molar-refractivity contribution in [3.05, 3.63) is 57.9 Å². The molecule has 2 fully saturated rings. The van der Waals surface area contributed by atoms with E-state index in [4.69, 9.17) is 36.8 Å². The van der Waals surface area contributed by atoms with Gasteiger partial charge in [0.15, 0.2) is 0 Å². The maximum atomic E-state index is 12.7. The third-order valence-electron chi connectivity index (χ3n) is 8.97. The molecule has 2 aromatic rings. The molecule has 4 rings (SSSR count). The largest absolute Gasteiger partial charge is 0.491 e. The van der Waals surface area contributed by atoms with Crippen molar-refractivity contribution in [3.8, 4) is 5.75 Å². The number of carbonyl (C=O) groups excluding carboxylic acids is 2. The van der Waals surface area contributed by atoms with Gasteiger partial charge >= 0.3 is 0 Å². The van der Waals surface area contributed by atoms with Crippen LogP contribution >= 0.6 is 11.6 Å². The Morgan fingerprint density at radius 1 is 1.10 bits per heavy atom. The van der Waals surface area contributed by atoms with Gasteiger partial charge in [-0.15, -0.1) is 0 Å². The molecule has 1 aromatic carbocycles. The number of ketones is 1. The maximum Gasteiger partial charge on any atom is 0.275 e. The molecule has 1 aromatic heterocycles. The van der Waals surface area contributed by atoms with Gasteiger partial charge in [-0.05, 0) is 113 Å². The summed E-state index contributed by atoms with van der Waals surface area (Å²) in [5, 5.41) is 33.9. The summed E-state index contributed by atoms with van der Waals surface area (Å²) in [5.41, 5.74) is 3.71. The predicted octanol–water partition coefficient (Wildman–Crippen LogP) is 6.49. The van der Waals surface area contributed by atoms with Gasteiger partial charge in [0.1, 0.15) is 24.4 Å². The summed E-state index contributed by atoms with van der Waals surface area (Å²) in [4.78, 5) is 30.1. The number of pyridine rings is 1. The molecular weight excluding hydrogens is 632 g/mol. The normalized spacial score (nSPS) is 18.4. The molecule has 1 aliphatic heterocycles. The lowest BCUT2D eigenvalue weighted by atomic mass is 9.69. The smallest absolute Gasteiger partial charge is 0.275 e. The number of hydrogen-bond acceptors (Lipinski definition) is 9. The highest BCUT2D eigenvalue weighted by molar-refractivity contribution is 6.30. The van der Waals surface area contributed by atoms with E-state index in [1.165, 1.54) is 12.8 Å². The van der Waals surface area contributed by atoms with Crippen LogP contribution in [0.1, 0.15) is 115 Å². The Morgan fingerprint density at radius 2 is 1.75 bits per heavy atom. The Morgan fingerprint density at radius 3 is 2.25 bits per heavy atom. The zero-order valence-electron chi connectivity index (χ0n) is 30.3. The molecule has 1 saturated carbocycles. The highest BCUT2D eigenvalue weighted by Crippen LogP contribution is 2.39. The average Bonchev–Trinajstić information content (AvgIpc) is 3.03. The molecule has 4 N–H and O–H groups in total. The molecular formula is C38H61ClN2O7. The van der Waals surface area contributed by atoms with Crippen LogP contribution in [0.3, 0.4) is 0 Å². The van der Waals surface area contributed by atoms with Gasteiger partial charge in [-0.25, -0.2) is 0 Å². The molecule has 10 heteroatoms. The minimum atomic E-state index is -2.45. The van der Waals surface area contributed by atoms with Crippen molar-refractivity contribution >= 4 is 23.7 Å². The lowest BCUT2D eigenvalue weighted by molar-refractivity contribution is -0.314. The van der Waals surface area contributed by atoms with Gasteiger partial charge < -0.3 is 30.0 Å². The van der Waals surface area contributed by atoms with Crippen molar-refractivity contribution in [1.29, 1.82) is 0 Å². The molecule has 48 heavy (non-hydrogen) atoms. The third-order valence-corrected chi connectivity index (χ3v) is 9.20. The Balaban J connectivity index is 0.000000554. The first kappa shape index (κ1) is 43.6. The van der Waals surface area contributed by atoms with Gasteiger partial charge in [0.05, 0.1) is 17.7 Å². The summed E-state index contributed by atoms with van der Waals surface area (Å²) in [6.07, 6.45) is 10.7. The van der Waals surface area contributed by atoms with Crippen LogP contribution in [0.5, 0.6) is 5.75 Å². The third kappa shape index (κ3) is 15.0. The van der Waals surface area contributed by atoms with Gasteiger partial charge in [0.25, 0.3) is 5.97 Å². The first-order valence-electron chi connectivity index (χ1n) is 17.6. The number of aliphatic hydroxyl groups excluding tert-OH is 1. The molecule has 1 saturated heterocycles. The number of Topliss-reactive ketones (excluding diaryl/α,β-unsaturated/α-hetero) is 1. The Labute approximate surface area is 293 Å². The van der Waals surface area contributed by atoms with E-state index in [-0.39, 0.29) is 18.3 Å². The van der Waals surface area contributed by atoms with Crippen LogP contribution in [0, 0.1) is 19.8 Å². The molecule has 2 aliphatic rings. The number of nitrogens with zero attached hydrogens (tertiary/aromatic N) is 2. The molecule has 0 atom stereocenters. The maximum absolute atomic E-state index is 12.7. The second-order valence-electron chi connectivity index (χ2n) is 12.7. The number of likely N-dealkylation sites (tertiary alicyclic amines) is 1. The van der Waals surface area contributed by atoms with E-state index in [0.717, 1.165) is 85.7 Å². The number of piperidine rings is 1. The summed E-state index contributed by atoms with van der Waals surface area (Å²) in [7, 11) is 0. The lowest BCUT2D eigenvalue weighted by Crippen LogP contribution is -2.47. The van der Waals surface area contributed by atoms with E-state index >= 15 is 0 Å². The number of benzene rings is 1. The summed E-state index contributed by atoms with van der Waals surface area (Å²) < 4.78 is 5.93. The van der Waals surface area contributed by atoms with Crippen LogP contribution in [-0.2, 0) is 21.4 Å². The highest BCUT2D eigenvalue weighted by Gasteiger charge is 2.41. The first-order chi connectivity index (χ1) is 22.7. The van der Waals surface area contributed by atoms with E-state index < -0.39 is 11.4 Å². The highest BCUT2D eigenvalue weighted by atomic mass is 35.5. The standard InChI is InChI=1S/C25H31ClN2O3.C7H14O.C4H10O3.C2H6/c1-18-6-7-22(26)16-24(18)25(20(3)30)8-10-28(11-9-25)12-14-31-23-15-21(5-4-13-29)19(2)27-17-23;1-2-3-6-4-7(8)5-6;1-2-3-4(5,6)7;1-2/h6-7,13,15-17H,4-5,8-12,14H2,1-3H3;6-8H,2-5H2,1H3;5-7H,2-3H2,1H3;1-2H3. The Bertz CT molecular complexity index is 1220. The lowest BCUT2D eigenvalue weighted by Gasteiger charge is -2.41. The molecule has 2 heterocycles. The van der Waals surface area contributed by atoms with Crippen molar-refractivity contribution in [2.75, 3.05) is 26.2 Å². The summed E-state index contributed by atoms with van der Waals surface area (Å²) in [6, 6.07) is 7.82. The van der Waals surface area contributed by atoms with Crippen LogP contribution in [0.4, 0.5) is 0 Å². The number of hydrogen-bond donors (Lipinski definition) is 4. The molecule has 272 valence electrons. The molecule has 9 nitrogen and oxygen atoms in total. The zero-order chi connectivity index (χ0) is 36.3. The number of carbonyl (C=O) groups is 2. The summed E-state index contributed by atoms with van der Waals surface area (Å²) in [5.74, 6) is -0.650. The molecule has 0 unspecified atom stereocenters. The van der Waals surface area contributed by atoms with E-state index in [1.54, 1.807) is 20.0 Å². The Kier molecular flexibility index (Phi) is 20.3. The van der Waals surface area contributed by atoms with Gasteiger partial charge in [-0.2, -0.15) is 0 Å². The first-order valence-corrected chi connectivity index (χ1v) is 18.0. The number of rotatable bonds is 13. The van der Waals surface area contributed by atoms with Gasteiger partial charge in [-0.3, -0.25) is 14.7 Å². The fraction of sp³-hybridized carbons (Fsp3) is 0.658. The Hall–Kier alpha value is -2.40. The topological polar surface area (TPSA) is 140 Å². The van der Waals surface area contributed by atoms with E-state index in [0.29, 0.717) is 30.9 Å². The van der Waals surface area contributed by atoms with Gasteiger partial charge in [0.2, 0.25) is 0 Å². The van der Waals surface area contributed by atoms with E-state index in [9.17, 15) is 9.59 Å². The number of aromatic nitrogens is 1. The number of halogens is 1.